The van der Waals surface area contributed by atoms with Gasteiger partial charge in [0.15, 0.2) is 6.23 Å². The van der Waals surface area contributed by atoms with E-state index in [1.807, 2.05) is 30.3 Å². The van der Waals surface area contributed by atoms with Crippen LogP contribution in [0.1, 0.15) is 18.7 Å². The standard InChI is InChI=1S/C20H21N3O6/c1-20(28)16(26)14(11-24)29-18(20)23-10-13-7-8-15(25)22(17(13)21-19(23)27)9-12-5-3-2-4-6-12/h2-8,10,14,16,18,24,26,28H,9,11H2,1H3/t14-,16-,18-,20-/m1/s1. The number of hydrogen-bond donors (Lipinski definition) is 3. The van der Waals surface area contributed by atoms with Gasteiger partial charge >= 0.3 is 5.69 Å². The van der Waals surface area contributed by atoms with E-state index < -0.39 is 36.3 Å². The lowest BCUT2D eigenvalue weighted by atomic mass is 9.96. The third-order valence-corrected chi connectivity index (χ3v) is 5.26. The number of pyridine rings is 1. The zero-order chi connectivity index (χ0) is 20.8. The van der Waals surface area contributed by atoms with Crippen molar-refractivity contribution in [2.24, 2.45) is 0 Å². The van der Waals surface area contributed by atoms with Gasteiger partial charge in [0.2, 0.25) is 0 Å². The molecule has 1 fully saturated rings. The van der Waals surface area contributed by atoms with Crippen LogP contribution in [0.5, 0.6) is 0 Å². The Morgan fingerprint density at radius 1 is 1.17 bits per heavy atom. The fourth-order valence-electron chi connectivity index (χ4n) is 3.64. The number of aromatic nitrogens is 3. The topological polar surface area (TPSA) is 127 Å². The fraction of sp³-hybridized carbons (Fsp3) is 0.350. The minimum atomic E-state index is -1.81. The summed E-state index contributed by atoms with van der Waals surface area (Å²) in [6.45, 7) is 1.06. The van der Waals surface area contributed by atoms with Gasteiger partial charge in [-0.3, -0.25) is 13.9 Å². The van der Waals surface area contributed by atoms with Crippen LogP contribution < -0.4 is 11.2 Å². The summed E-state index contributed by atoms with van der Waals surface area (Å²) in [6, 6.07) is 12.2. The summed E-state index contributed by atoms with van der Waals surface area (Å²) in [6.07, 6.45) is -2.23. The number of rotatable bonds is 4. The molecule has 3 heterocycles. The Hall–Kier alpha value is -2.85. The normalized spacial score (nSPS) is 26.8. The molecule has 0 spiro atoms. The Balaban J connectivity index is 1.82. The molecule has 0 saturated carbocycles. The smallest absolute Gasteiger partial charge is 0.351 e. The van der Waals surface area contributed by atoms with Crippen molar-refractivity contribution in [3.8, 4) is 0 Å². The number of fused-ring (bicyclic) bond motifs is 1. The molecular formula is C20H21N3O6. The Morgan fingerprint density at radius 3 is 2.55 bits per heavy atom. The van der Waals surface area contributed by atoms with E-state index in [1.54, 1.807) is 0 Å². The number of aliphatic hydroxyl groups excluding tert-OH is 2. The maximum absolute atomic E-state index is 12.7. The first-order chi connectivity index (χ1) is 13.8. The second kappa shape index (κ2) is 7.20. The third-order valence-electron chi connectivity index (χ3n) is 5.26. The maximum Gasteiger partial charge on any atom is 0.351 e. The quantitative estimate of drug-likeness (QED) is 0.545. The molecular weight excluding hydrogens is 378 g/mol. The van der Waals surface area contributed by atoms with E-state index in [1.165, 1.54) is 29.8 Å². The predicted octanol–water partition coefficient (Wildman–Crippen LogP) is -0.392. The molecule has 0 unspecified atom stereocenters. The molecule has 1 aliphatic rings. The number of aliphatic hydroxyl groups is 3. The lowest BCUT2D eigenvalue weighted by Gasteiger charge is -2.27. The van der Waals surface area contributed by atoms with Crippen molar-refractivity contribution in [2.75, 3.05) is 6.61 Å². The Bertz CT molecular complexity index is 1150. The van der Waals surface area contributed by atoms with Crippen LogP contribution in [0.4, 0.5) is 0 Å². The Kier molecular flexibility index (Phi) is 4.83. The Labute approximate surface area is 165 Å². The van der Waals surface area contributed by atoms with Crippen molar-refractivity contribution in [2.45, 2.75) is 37.5 Å². The monoisotopic (exact) mass is 399 g/mol. The second-order valence-corrected chi connectivity index (χ2v) is 7.33. The van der Waals surface area contributed by atoms with Crippen LogP contribution in [-0.2, 0) is 11.3 Å². The van der Waals surface area contributed by atoms with Crippen molar-refractivity contribution in [3.63, 3.8) is 0 Å². The van der Waals surface area contributed by atoms with Gasteiger partial charge in [-0.15, -0.1) is 0 Å². The number of ether oxygens (including phenoxy) is 1. The zero-order valence-corrected chi connectivity index (χ0v) is 15.7. The molecule has 4 atom stereocenters. The molecule has 152 valence electrons. The number of benzene rings is 1. The highest BCUT2D eigenvalue weighted by Crippen LogP contribution is 2.37. The fourth-order valence-corrected chi connectivity index (χ4v) is 3.64. The lowest BCUT2D eigenvalue weighted by molar-refractivity contribution is -0.0985. The summed E-state index contributed by atoms with van der Waals surface area (Å²) in [5.74, 6) is 0. The van der Waals surface area contributed by atoms with Gasteiger partial charge in [0.25, 0.3) is 5.56 Å². The molecule has 9 nitrogen and oxygen atoms in total. The van der Waals surface area contributed by atoms with Crippen LogP contribution in [-0.4, -0.2) is 53.9 Å². The van der Waals surface area contributed by atoms with Crippen LogP contribution >= 0.6 is 0 Å². The van der Waals surface area contributed by atoms with Gasteiger partial charge in [-0.2, -0.15) is 4.98 Å². The average molecular weight is 399 g/mol. The minimum absolute atomic E-state index is 0.208. The molecule has 1 saturated heterocycles. The molecule has 0 radical (unpaired) electrons. The van der Waals surface area contributed by atoms with Crippen LogP contribution in [0.3, 0.4) is 0 Å². The minimum Gasteiger partial charge on any atom is -0.394 e. The average Bonchev–Trinajstić information content (AvgIpc) is 2.94. The molecule has 1 aliphatic heterocycles. The van der Waals surface area contributed by atoms with Gasteiger partial charge < -0.3 is 20.1 Å². The highest BCUT2D eigenvalue weighted by molar-refractivity contribution is 5.73. The summed E-state index contributed by atoms with van der Waals surface area (Å²) in [5.41, 5.74) is -1.78. The summed E-state index contributed by atoms with van der Waals surface area (Å²) in [5, 5.41) is 30.7. The molecule has 2 aromatic heterocycles. The summed E-state index contributed by atoms with van der Waals surface area (Å²) < 4.78 is 7.97. The highest BCUT2D eigenvalue weighted by Gasteiger charge is 2.53. The van der Waals surface area contributed by atoms with Gasteiger partial charge in [-0.1, -0.05) is 30.3 Å². The van der Waals surface area contributed by atoms with E-state index in [2.05, 4.69) is 4.98 Å². The second-order valence-electron chi connectivity index (χ2n) is 7.33. The van der Waals surface area contributed by atoms with Gasteiger partial charge in [0.1, 0.15) is 23.5 Å². The first kappa shape index (κ1) is 19.5. The number of hydrogen-bond acceptors (Lipinski definition) is 7. The van der Waals surface area contributed by atoms with Crippen molar-refractivity contribution in [1.29, 1.82) is 0 Å². The van der Waals surface area contributed by atoms with Gasteiger partial charge in [-0.25, -0.2) is 4.79 Å². The van der Waals surface area contributed by atoms with Crippen LogP contribution in [0, 0.1) is 0 Å². The molecule has 3 N–H and O–H groups in total. The summed E-state index contributed by atoms with van der Waals surface area (Å²) in [4.78, 5) is 29.2. The van der Waals surface area contributed by atoms with E-state index in [0.29, 0.717) is 5.39 Å². The van der Waals surface area contributed by atoms with E-state index in [-0.39, 0.29) is 17.8 Å². The molecule has 3 aromatic rings. The van der Waals surface area contributed by atoms with Crippen LogP contribution in [0.2, 0.25) is 0 Å². The largest absolute Gasteiger partial charge is 0.394 e. The van der Waals surface area contributed by atoms with Crippen molar-refractivity contribution in [1.82, 2.24) is 14.1 Å². The SMILES string of the molecule is C[C@@]1(O)[C@H](O)[C@@H](CO)O[C@H]1n1cc2ccc(=O)n(Cc3ccccc3)c2nc1=O. The summed E-state index contributed by atoms with van der Waals surface area (Å²) >= 11 is 0. The Morgan fingerprint density at radius 2 is 1.90 bits per heavy atom. The van der Waals surface area contributed by atoms with Crippen molar-refractivity contribution < 1.29 is 20.1 Å². The van der Waals surface area contributed by atoms with E-state index >= 15 is 0 Å². The van der Waals surface area contributed by atoms with Crippen molar-refractivity contribution in [3.05, 3.63) is 75.1 Å². The zero-order valence-electron chi connectivity index (χ0n) is 15.7. The first-order valence-electron chi connectivity index (χ1n) is 9.16. The summed E-state index contributed by atoms with van der Waals surface area (Å²) in [7, 11) is 0. The third kappa shape index (κ3) is 3.28. The lowest BCUT2D eigenvalue weighted by Crippen LogP contribution is -2.46. The molecule has 1 aromatic carbocycles. The van der Waals surface area contributed by atoms with Crippen LogP contribution in [0.25, 0.3) is 11.0 Å². The molecule has 9 heteroatoms. The maximum atomic E-state index is 12.7. The molecule has 29 heavy (non-hydrogen) atoms. The van der Waals surface area contributed by atoms with E-state index in [9.17, 15) is 24.9 Å². The molecule has 0 amide bonds. The first-order valence-corrected chi connectivity index (χ1v) is 9.16. The van der Waals surface area contributed by atoms with Crippen molar-refractivity contribution >= 4 is 11.0 Å². The van der Waals surface area contributed by atoms with Gasteiger partial charge in [-0.05, 0) is 18.6 Å². The molecule has 0 bridgehead atoms. The van der Waals surface area contributed by atoms with Crippen LogP contribution in [0.15, 0.2) is 58.3 Å². The number of nitrogens with zero attached hydrogens (tertiary/aromatic N) is 3. The molecule has 0 aliphatic carbocycles. The van der Waals surface area contributed by atoms with Gasteiger partial charge in [0.05, 0.1) is 13.2 Å². The predicted molar refractivity (Wildman–Crippen MR) is 103 cm³/mol. The highest BCUT2D eigenvalue weighted by atomic mass is 16.6. The van der Waals surface area contributed by atoms with E-state index in [0.717, 1.165) is 10.1 Å². The van der Waals surface area contributed by atoms with Gasteiger partial charge in [0, 0.05) is 17.6 Å². The van der Waals surface area contributed by atoms with E-state index in [4.69, 9.17) is 4.74 Å². The molecule has 4 rings (SSSR count).